The van der Waals surface area contributed by atoms with Crippen LogP contribution in [0.2, 0.25) is 0 Å². The number of hydrogen-bond donors (Lipinski definition) is 0. The van der Waals surface area contributed by atoms with Crippen LogP contribution in [0.1, 0.15) is 69.8 Å². The molecular weight excluding hydrogens is 446 g/mol. The van der Waals surface area contributed by atoms with Gasteiger partial charge >= 0.3 is 32.7 Å². The topological polar surface area (TPSA) is 0 Å². The van der Waals surface area contributed by atoms with E-state index in [1.54, 1.807) is 0 Å². The standard InChI is InChI=1S/C25H28F3.Y/c1-16-5-7-17(8-6-16)18-9-11-19(12-10-18)21-14-23(27)25(24(28)15-21)20-3-2-4-22(26)13-20;/h2-3,13-19H,5-12H2,1H3;/q-1;+3. The maximum Gasteiger partial charge on any atom is 3.00 e. The summed E-state index contributed by atoms with van der Waals surface area (Å²) in [5, 5.41) is 0. The van der Waals surface area contributed by atoms with E-state index in [0.717, 1.165) is 55.1 Å². The van der Waals surface area contributed by atoms with Gasteiger partial charge in [-0.2, -0.15) is 12.1 Å². The summed E-state index contributed by atoms with van der Waals surface area (Å²) >= 11 is 0. The second kappa shape index (κ2) is 10.1. The van der Waals surface area contributed by atoms with Crippen molar-refractivity contribution in [1.29, 1.82) is 0 Å². The van der Waals surface area contributed by atoms with Gasteiger partial charge in [-0.05, 0) is 79.9 Å². The first-order valence-corrected chi connectivity index (χ1v) is 10.7. The Hall–Kier alpha value is -0.666. The van der Waals surface area contributed by atoms with Crippen LogP contribution < -0.4 is 0 Å². The van der Waals surface area contributed by atoms with Gasteiger partial charge in [-0.15, -0.1) is 17.7 Å². The van der Waals surface area contributed by atoms with Crippen molar-refractivity contribution < 1.29 is 45.9 Å². The Morgan fingerprint density at radius 3 is 1.90 bits per heavy atom. The Kier molecular flexibility index (Phi) is 8.01. The van der Waals surface area contributed by atoms with Gasteiger partial charge in [0.2, 0.25) is 0 Å². The zero-order chi connectivity index (χ0) is 19.7. The van der Waals surface area contributed by atoms with Crippen LogP contribution in [-0.2, 0) is 32.7 Å². The second-order valence-electron chi connectivity index (χ2n) is 8.92. The van der Waals surface area contributed by atoms with E-state index in [-0.39, 0.29) is 49.8 Å². The average molecular weight is 474 g/mol. The molecule has 0 aromatic heterocycles. The first-order valence-electron chi connectivity index (χ1n) is 10.7. The van der Waals surface area contributed by atoms with Crippen molar-refractivity contribution in [1.82, 2.24) is 0 Å². The summed E-state index contributed by atoms with van der Waals surface area (Å²) in [5.41, 5.74) is 0.812. The van der Waals surface area contributed by atoms with Gasteiger partial charge in [0.25, 0.3) is 0 Å². The van der Waals surface area contributed by atoms with E-state index < -0.39 is 17.5 Å². The molecule has 2 aromatic carbocycles. The van der Waals surface area contributed by atoms with Gasteiger partial charge in [0.1, 0.15) is 11.6 Å². The Labute approximate surface area is 197 Å². The molecule has 0 amide bonds. The molecule has 150 valence electrons. The second-order valence-corrected chi connectivity index (χ2v) is 8.92. The summed E-state index contributed by atoms with van der Waals surface area (Å²) in [6.45, 7) is 2.35. The van der Waals surface area contributed by atoms with E-state index in [1.165, 1.54) is 49.9 Å². The van der Waals surface area contributed by atoms with Crippen LogP contribution in [0.3, 0.4) is 0 Å². The summed E-state index contributed by atoms with van der Waals surface area (Å²) in [4.78, 5) is 0. The van der Waals surface area contributed by atoms with Crippen molar-refractivity contribution in [3.63, 3.8) is 0 Å². The fraction of sp³-hybridized carbons (Fsp3) is 0.520. The fourth-order valence-electron chi connectivity index (χ4n) is 5.38. The van der Waals surface area contributed by atoms with E-state index in [9.17, 15) is 13.2 Å². The predicted octanol–water partition coefficient (Wildman–Crippen LogP) is 7.67. The van der Waals surface area contributed by atoms with E-state index in [0.29, 0.717) is 0 Å². The Morgan fingerprint density at radius 2 is 1.34 bits per heavy atom. The van der Waals surface area contributed by atoms with Gasteiger partial charge in [0.15, 0.2) is 0 Å². The number of benzene rings is 2. The van der Waals surface area contributed by atoms with Crippen LogP contribution in [0.4, 0.5) is 13.2 Å². The Bertz CT molecular complexity index is 796. The van der Waals surface area contributed by atoms with Crippen LogP contribution in [0.25, 0.3) is 11.1 Å². The molecule has 0 bridgehead atoms. The number of halogens is 3. The minimum absolute atomic E-state index is 0. The van der Waals surface area contributed by atoms with E-state index in [4.69, 9.17) is 0 Å². The van der Waals surface area contributed by atoms with Crippen molar-refractivity contribution in [2.45, 2.75) is 64.2 Å². The molecule has 0 nitrogen and oxygen atoms in total. The van der Waals surface area contributed by atoms with Crippen LogP contribution >= 0.6 is 0 Å². The van der Waals surface area contributed by atoms with Crippen LogP contribution in [0.5, 0.6) is 0 Å². The molecular formula is C25H28F3Y+2. The number of rotatable bonds is 3. The maximum absolute atomic E-state index is 14.7. The maximum atomic E-state index is 14.7. The quantitative estimate of drug-likeness (QED) is 0.401. The first-order chi connectivity index (χ1) is 13.5. The Balaban J connectivity index is 0.00000240. The SMILES string of the molecule is CC1CCC(C2CCC(c3cc(F)c(-c4cc[c-]c(F)c4)c(F)c3)CC2)CC1.[Y+3]. The van der Waals surface area contributed by atoms with E-state index >= 15 is 0 Å². The first kappa shape index (κ1) is 23.0. The largest absolute Gasteiger partial charge is 3.00 e. The Morgan fingerprint density at radius 1 is 0.793 bits per heavy atom. The monoisotopic (exact) mass is 474 g/mol. The van der Waals surface area contributed by atoms with Gasteiger partial charge in [-0.25, -0.2) is 13.2 Å². The zero-order valence-electron chi connectivity index (χ0n) is 17.1. The molecule has 0 atom stereocenters. The summed E-state index contributed by atoms with van der Waals surface area (Å²) in [6.07, 6.45) is 9.72. The molecule has 2 fully saturated rings. The van der Waals surface area contributed by atoms with Gasteiger partial charge in [0.05, 0.1) is 0 Å². The fourth-order valence-corrected chi connectivity index (χ4v) is 5.38. The molecule has 4 rings (SSSR count). The van der Waals surface area contributed by atoms with Crippen LogP contribution in [0, 0.1) is 41.3 Å². The van der Waals surface area contributed by atoms with Crippen molar-refractivity contribution in [2.75, 3.05) is 0 Å². The molecule has 2 aromatic rings. The molecule has 0 N–H and O–H groups in total. The molecule has 0 spiro atoms. The third-order valence-corrected chi connectivity index (χ3v) is 7.09. The molecule has 0 radical (unpaired) electrons. The van der Waals surface area contributed by atoms with E-state index in [2.05, 4.69) is 13.0 Å². The van der Waals surface area contributed by atoms with Crippen molar-refractivity contribution >= 4 is 0 Å². The van der Waals surface area contributed by atoms with Crippen molar-refractivity contribution in [3.8, 4) is 11.1 Å². The molecule has 0 heterocycles. The molecule has 2 aliphatic carbocycles. The smallest absolute Gasteiger partial charge is 0.236 e. The average Bonchev–Trinajstić information content (AvgIpc) is 2.68. The minimum Gasteiger partial charge on any atom is -0.236 e. The van der Waals surface area contributed by atoms with Gasteiger partial charge < -0.3 is 0 Å². The van der Waals surface area contributed by atoms with Gasteiger partial charge in [0, 0.05) is 11.4 Å². The molecule has 0 unspecified atom stereocenters. The summed E-state index contributed by atoms with van der Waals surface area (Å²) in [5.74, 6) is 0.883. The van der Waals surface area contributed by atoms with Gasteiger partial charge in [-0.3, -0.25) is 0 Å². The third-order valence-electron chi connectivity index (χ3n) is 7.09. The van der Waals surface area contributed by atoms with Gasteiger partial charge in [-0.1, -0.05) is 19.8 Å². The molecule has 4 heteroatoms. The molecule has 0 aliphatic heterocycles. The van der Waals surface area contributed by atoms with Crippen LogP contribution in [0.15, 0.2) is 30.3 Å². The summed E-state index contributed by atoms with van der Waals surface area (Å²) < 4.78 is 42.8. The zero-order valence-corrected chi connectivity index (χ0v) is 19.9. The molecule has 29 heavy (non-hydrogen) atoms. The van der Waals surface area contributed by atoms with Crippen molar-refractivity contribution in [2.24, 2.45) is 17.8 Å². The number of hydrogen-bond acceptors (Lipinski definition) is 0. The third kappa shape index (κ3) is 5.34. The summed E-state index contributed by atoms with van der Waals surface area (Å²) in [7, 11) is 0. The van der Waals surface area contributed by atoms with Crippen LogP contribution in [-0.4, -0.2) is 0 Å². The molecule has 2 saturated carbocycles. The van der Waals surface area contributed by atoms with E-state index in [1.807, 2.05) is 0 Å². The minimum atomic E-state index is -0.615. The van der Waals surface area contributed by atoms with Crippen molar-refractivity contribution in [3.05, 3.63) is 59.4 Å². The normalized spacial score (nSPS) is 27.3. The molecule has 0 saturated heterocycles. The molecule has 2 aliphatic rings. The predicted molar refractivity (Wildman–Crippen MR) is 106 cm³/mol. The summed E-state index contributed by atoms with van der Waals surface area (Å²) in [6, 6.07) is 9.24.